The number of phosphoric ester groups is 1. The second kappa shape index (κ2) is 40.6. The van der Waals surface area contributed by atoms with E-state index in [1.54, 1.807) is 0 Å². The summed E-state index contributed by atoms with van der Waals surface area (Å²) in [5, 5.41) is 18.3. The number of allylic oxidation sites excluding steroid dienone is 12. The predicted molar refractivity (Wildman–Crippen MR) is 228 cm³/mol. The van der Waals surface area contributed by atoms with Crippen LogP contribution >= 0.6 is 7.82 Å². The number of hydrogen-bond acceptors (Lipinski definition) is 9. The van der Waals surface area contributed by atoms with Gasteiger partial charge in [0.25, 0.3) is 0 Å². The molecule has 0 rings (SSSR count). The van der Waals surface area contributed by atoms with Crippen molar-refractivity contribution in [3.05, 3.63) is 72.9 Å². The molecule has 10 nitrogen and oxygen atoms in total. The number of ether oxygens (including phenoxy) is 2. The van der Waals surface area contributed by atoms with Crippen LogP contribution in [0.5, 0.6) is 0 Å². The Balaban J connectivity index is 4.41. The molecular formula is C45H77O10P. The maximum atomic E-state index is 12.6. The third-order valence-corrected chi connectivity index (χ3v) is 9.53. The number of aliphatic hydroxyl groups excluding tert-OH is 2. The Morgan fingerprint density at radius 3 is 1.46 bits per heavy atom. The fourth-order valence-electron chi connectivity index (χ4n) is 5.23. The SMILES string of the molecule is CCCC/C=C\C/C=C\CCCCCCCC(=O)OC[C@H](COP(=O)(O)OC[C@@H](O)CO)OC(=O)CCCCC/C=C\C/C=C\C/C=C\C/C=C\CCCCC. The zero-order valence-electron chi connectivity index (χ0n) is 34.8. The van der Waals surface area contributed by atoms with Crippen LogP contribution in [0.15, 0.2) is 72.9 Å². The van der Waals surface area contributed by atoms with Gasteiger partial charge >= 0.3 is 19.8 Å². The van der Waals surface area contributed by atoms with Crippen LogP contribution in [0, 0.1) is 0 Å². The zero-order chi connectivity index (χ0) is 41.2. The van der Waals surface area contributed by atoms with Gasteiger partial charge in [0, 0.05) is 12.8 Å². The second-order valence-electron chi connectivity index (χ2n) is 14.0. The van der Waals surface area contributed by atoms with E-state index in [9.17, 15) is 24.2 Å². The summed E-state index contributed by atoms with van der Waals surface area (Å²) in [5.74, 6) is -0.984. The summed E-state index contributed by atoms with van der Waals surface area (Å²) in [6, 6.07) is 0. The van der Waals surface area contributed by atoms with Crippen LogP contribution in [0.2, 0.25) is 0 Å². The molecule has 3 N–H and O–H groups in total. The van der Waals surface area contributed by atoms with Crippen molar-refractivity contribution in [2.45, 2.75) is 174 Å². The van der Waals surface area contributed by atoms with Gasteiger partial charge in [-0.25, -0.2) is 4.57 Å². The van der Waals surface area contributed by atoms with Gasteiger partial charge in [0.05, 0.1) is 19.8 Å². The first-order valence-corrected chi connectivity index (χ1v) is 22.9. The minimum atomic E-state index is -4.63. The van der Waals surface area contributed by atoms with Gasteiger partial charge in [-0.2, -0.15) is 0 Å². The van der Waals surface area contributed by atoms with Crippen LogP contribution in [0.3, 0.4) is 0 Å². The van der Waals surface area contributed by atoms with Gasteiger partial charge in [-0.1, -0.05) is 138 Å². The molecule has 11 heteroatoms. The summed E-state index contributed by atoms with van der Waals surface area (Å²) in [4.78, 5) is 35.0. The van der Waals surface area contributed by atoms with E-state index in [1.165, 1.54) is 38.5 Å². The molecule has 0 spiro atoms. The summed E-state index contributed by atoms with van der Waals surface area (Å²) in [6.07, 6.45) is 45.8. The van der Waals surface area contributed by atoms with E-state index in [1.807, 2.05) is 0 Å². The largest absolute Gasteiger partial charge is 0.472 e. The molecule has 1 unspecified atom stereocenters. The van der Waals surface area contributed by atoms with Gasteiger partial charge in [0.1, 0.15) is 12.7 Å². The number of phosphoric acid groups is 1. The molecule has 0 aliphatic carbocycles. The van der Waals surface area contributed by atoms with Crippen LogP contribution < -0.4 is 0 Å². The van der Waals surface area contributed by atoms with Crippen molar-refractivity contribution < 1.29 is 47.8 Å². The second-order valence-corrected chi connectivity index (χ2v) is 15.5. The molecule has 0 heterocycles. The highest BCUT2D eigenvalue weighted by Gasteiger charge is 2.27. The minimum Gasteiger partial charge on any atom is -0.462 e. The van der Waals surface area contributed by atoms with Crippen molar-refractivity contribution in [3.63, 3.8) is 0 Å². The molecule has 3 atom stereocenters. The predicted octanol–water partition coefficient (Wildman–Crippen LogP) is 11.3. The molecule has 0 aliphatic heterocycles. The average molecular weight is 809 g/mol. The third kappa shape index (κ3) is 39.6. The van der Waals surface area contributed by atoms with Crippen molar-refractivity contribution in [1.82, 2.24) is 0 Å². The quantitative estimate of drug-likeness (QED) is 0.0237. The van der Waals surface area contributed by atoms with Gasteiger partial charge < -0.3 is 24.6 Å². The standard InChI is InChI=1S/C45H77O10P/c1-3-5-7-9-11-13-15-17-19-20-21-22-23-25-27-29-31-33-35-37-45(49)55-43(41-54-56(50,51)53-39-42(47)38-46)40-52-44(48)36-34-32-30-28-26-24-18-16-14-12-10-8-6-4-2/h10-13,16-19,21-22,25,27,42-43,46-47H,3-9,14-15,20,23-24,26,28-41H2,1-2H3,(H,50,51)/b12-10-,13-11-,18-16-,19-17-,22-21-,27-25-/t42-,43+/m0/s1. The molecular weight excluding hydrogens is 731 g/mol. The Morgan fingerprint density at radius 2 is 0.946 bits per heavy atom. The summed E-state index contributed by atoms with van der Waals surface area (Å²) >= 11 is 0. The van der Waals surface area contributed by atoms with Gasteiger partial charge in [-0.05, 0) is 83.5 Å². The molecule has 322 valence electrons. The Labute approximate surface area is 339 Å². The first-order valence-electron chi connectivity index (χ1n) is 21.4. The summed E-state index contributed by atoms with van der Waals surface area (Å²) < 4.78 is 32.6. The molecule has 0 aromatic heterocycles. The van der Waals surface area contributed by atoms with Crippen LogP contribution in [-0.2, 0) is 32.7 Å². The Hall–Kier alpha value is -2.59. The Kier molecular flexibility index (Phi) is 38.7. The van der Waals surface area contributed by atoms with Crippen LogP contribution in [0.4, 0.5) is 0 Å². The highest BCUT2D eigenvalue weighted by atomic mass is 31.2. The highest BCUT2D eigenvalue weighted by molar-refractivity contribution is 7.47. The molecule has 0 radical (unpaired) electrons. The zero-order valence-corrected chi connectivity index (χ0v) is 35.7. The Bertz CT molecular complexity index is 1160. The van der Waals surface area contributed by atoms with Crippen molar-refractivity contribution >= 4 is 19.8 Å². The third-order valence-electron chi connectivity index (χ3n) is 8.58. The monoisotopic (exact) mass is 809 g/mol. The van der Waals surface area contributed by atoms with E-state index in [-0.39, 0.29) is 19.4 Å². The topological polar surface area (TPSA) is 149 Å². The molecule has 0 aromatic rings. The lowest BCUT2D eigenvalue weighted by Crippen LogP contribution is -2.29. The maximum absolute atomic E-state index is 12.6. The normalized spacial score (nSPS) is 14.6. The number of esters is 2. The van der Waals surface area contributed by atoms with Gasteiger partial charge in [-0.15, -0.1) is 0 Å². The van der Waals surface area contributed by atoms with Crippen LogP contribution in [0.1, 0.15) is 162 Å². The van der Waals surface area contributed by atoms with Gasteiger partial charge in [-0.3, -0.25) is 18.6 Å². The van der Waals surface area contributed by atoms with Crippen molar-refractivity contribution in [2.24, 2.45) is 0 Å². The lowest BCUT2D eigenvalue weighted by molar-refractivity contribution is -0.161. The number of aliphatic hydroxyl groups is 2. The summed E-state index contributed by atoms with van der Waals surface area (Å²) in [7, 11) is -4.63. The smallest absolute Gasteiger partial charge is 0.462 e. The first-order chi connectivity index (χ1) is 27.2. The van der Waals surface area contributed by atoms with E-state index < -0.39 is 51.8 Å². The molecule has 0 saturated heterocycles. The number of carbonyl (C=O) groups is 2. The fourth-order valence-corrected chi connectivity index (χ4v) is 6.02. The van der Waals surface area contributed by atoms with E-state index in [0.29, 0.717) is 12.8 Å². The number of unbranched alkanes of at least 4 members (excludes halogenated alkanes) is 13. The summed E-state index contributed by atoms with van der Waals surface area (Å²) in [5.41, 5.74) is 0. The molecule has 0 amide bonds. The number of carbonyl (C=O) groups excluding carboxylic acids is 2. The van der Waals surface area contributed by atoms with Crippen molar-refractivity contribution in [2.75, 3.05) is 26.4 Å². The lowest BCUT2D eigenvalue weighted by atomic mass is 10.1. The lowest BCUT2D eigenvalue weighted by Gasteiger charge is -2.20. The molecule has 0 saturated carbocycles. The molecule has 0 fully saturated rings. The first kappa shape index (κ1) is 53.4. The minimum absolute atomic E-state index is 0.140. The average Bonchev–Trinajstić information content (AvgIpc) is 3.19. The van der Waals surface area contributed by atoms with Crippen LogP contribution in [-0.4, -0.2) is 65.7 Å². The van der Waals surface area contributed by atoms with Crippen LogP contribution in [0.25, 0.3) is 0 Å². The molecule has 0 aliphatic rings. The molecule has 0 bridgehead atoms. The van der Waals surface area contributed by atoms with E-state index in [2.05, 4.69) is 91.3 Å². The molecule has 0 aromatic carbocycles. The maximum Gasteiger partial charge on any atom is 0.472 e. The van der Waals surface area contributed by atoms with E-state index >= 15 is 0 Å². The van der Waals surface area contributed by atoms with Gasteiger partial charge in [0.15, 0.2) is 6.10 Å². The molecule has 56 heavy (non-hydrogen) atoms. The highest BCUT2D eigenvalue weighted by Crippen LogP contribution is 2.43. The van der Waals surface area contributed by atoms with E-state index in [0.717, 1.165) is 83.5 Å². The fraction of sp³-hybridized carbons (Fsp3) is 0.689. The Morgan fingerprint density at radius 1 is 0.536 bits per heavy atom. The number of rotatable bonds is 39. The summed E-state index contributed by atoms with van der Waals surface area (Å²) in [6.45, 7) is 2.24. The van der Waals surface area contributed by atoms with Gasteiger partial charge in [0.2, 0.25) is 0 Å². The van der Waals surface area contributed by atoms with Crippen molar-refractivity contribution in [3.8, 4) is 0 Å². The van der Waals surface area contributed by atoms with E-state index in [4.69, 9.17) is 19.1 Å². The van der Waals surface area contributed by atoms with Crippen molar-refractivity contribution in [1.29, 1.82) is 0 Å². The number of hydrogen-bond donors (Lipinski definition) is 3.